The maximum atomic E-state index is 11.5. The van der Waals surface area contributed by atoms with Crippen molar-refractivity contribution in [3.63, 3.8) is 0 Å². The highest BCUT2D eigenvalue weighted by molar-refractivity contribution is 5.94. The first-order valence-corrected chi connectivity index (χ1v) is 5.48. The molecule has 0 aliphatic carbocycles. The highest BCUT2D eigenvalue weighted by Gasteiger charge is 2.06. The van der Waals surface area contributed by atoms with Gasteiger partial charge in [0.05, 0.1) is 0 Å². The minimum Gasteiger partial charge on any atom is -0.324 e. The molecule has 0 radical (unpaired) electrons. The van der Waals surface area contributed by atoms with Crippen LogP contribution < -0.4 is 5.32 Å². The van der Waals surface area contributed by atoms with Crippen molar-refractivity contribution in [2.75, 3.05) is 5.32 Å². The molecule has 0 saturated heterocycles. The van der Waals surface area contributed by atoms with Crippen molar-refractivity contribution in [1.29, 1.82) is 0 Å². The van der Waals surface area contributed by atoms with E-state index in [1.54, 1.807) is 12.3 Å². The smallest absolute Gasteiger partial charge is 0.227 e. The topological polar surface area (TPSA) is 54.9 Å². The first-order valence-electron chi connectivity index (χ1n) is 5.48. The fourth-order valence-corrected chi connectivity index (χ4v) is 1.41. The van der Waals surface area contributed by atoms with Crippen LogP contribution in [0.15, 0.2) is 42.6 Å². The average Bonchev–Trinajstić information content (AvgIpc) is 2.39. The Balaban J connectivity index is 2.20. The Labute approximate surface area is 99.7 Å². The molecular weight excluding hydrogens is 214 g/mol. The molecule has 0 amide bonds. The van der Waals surface area contributed by atoms with Crippen LogP contribution in [0.25, 0.3) is 0 Å². The van der Waals surface area contributed by atoms with E-state index in [1.807, 2.05) is 37.3 Å². The summed E-state index contributed by atoms with van der Waals surface area (Å²) in [5.41, 5.74) is 1.34. The van der Waals surface area contributed by atoms with Crippen LogP contribution in [0.2, 0.25) is 0 Å². The molecule has 0 saturated carbocycles. The molecule has 4 nitrogen and oxygen atoms in total. The summed E-state index contributed by atoms with van der Waals surface area (Å²) >= 11 is 0. The van der Waals surface area contributed by atoms with Gasteiger partial charge in [-0.05, 0) is 18.2 Å². The number of nitrogens with zero attached hydrogens (tertiary/aromatic N) is 2. The summed E-state index contributed by atoms with van der Waals surface area (Å²) < 4.78 is 0. The van der Waals surface area contributed by atoms with E-state index in [0.717, 1.165) is 5.69 Å². The molecule has 0 aliphatic rings. The Morgan fingerprint density at radius 2 is 2.00 bits per heavy atom. The van der Waals surface area contributed by atoms with Crippen LogP contribution in [0.4, 0.5) is 11.6 Å². The Morgan fingerprint density at radius 1 is 1.24 bits per heavy atom. The number of hydrogen-bond acceptors (Lipinski definition) is 4. The van der Waals surface area contributed by atoms with Crippen molar-refractivity contribution in [1.82, 2.24) is 9.97 Å². The Bertz CT molecular complexity index is 511. The number of carbonyl (C=O) groups is 1. The van der Waals surface area contributed by atoms with E-state index in [4.69, 9.17) is 0 Å². The zero-order valence-electron chi connectivity index (χ0n) is 9.55. The van der Waals surface area contributed by atoms with Crippen LogP contribution in [0.3, 0.4) is 0 Å². The predicted octanol–water partition coefficient (Wildman–Crippen LogP) is 2.81. The van der Waals surface area contributed by atoms with Gasteiger partial charge in [-0.3, -0.25) is 4.79 Å². The molecule has 1 heterocycles. The average molecular weight is 227 g/mol. The molecular formula is C13H13N3O. The van der Waals surface area contributed by atoms with Gasteiger partial charge in [-0.1, -0.05) is 25.1 Å². The van der Waals surface area contributed by atoms with E-state index in [1.165, 1.54) is 0 Å². The van der Waals surface area contributed by atoms with Gasteiger partial charge >= 0.3 is 0 Å². The number of rotatable bonds is 4. The fourth-order valence-electron chi connectivity index (χ4n) is 1.41. The number of anilines is 2. The van der Waals surface area contributed by atoms with Gasteiger partial charge in [0, 0.05) is 18.3 Å². The minimum absolute atomic E-state index is 0.0171. The van der Waals surface area contributed by atoms with Crippen LogP contribution in [0.5, 0.6) is 0 Å². The van der Waals surface area contributed by atoms with Crippen LogP contribution in [0, 0.1) is 0 Å². The van der Waals surface area contributed by atoms with Crippen LogP contribution >= 0.6 is 0 Å². The van der Waals surface area contributed by atoms with E-state index < -0.39 is 0 Å². The van der Waals surface area contributed by atoms with Gasteiger partial charge in [0.15, 0.2) is 5.78 Å². The van der Waals surface area contributed by atoms with Gasteiger partial charge in [0.1, 0.15) is 5.69 Å². The molecule has 0 aliphatic heterocycles. The molecule has 1 N–H and O–H groups in total. The summed E-state index contributed by atoms with van der Waals surface area (Å²) in [4.78, 5) is 19.7. The van der Waals surface area contributed by atoms with Crippen LogP contribution in [0.1, 0.15) is 23.8 Å². The Morgan fingerprint density at radius 3 is 2.71 bits per heavy atom. The summed E-state index contributed by atoms with van der Waals surface area (Å²) in [6.45, 7) is 1.81. The monoisotopic (exact) mass is 227 g/mol. The van der Waals surface area contributed by atoms with Crippen molar-refractivity contribution in [3.8, 4) is 0 Å². The molecule has 86 valence electrons. The lowest BCUT2D eigenvalue weighted by atomic mass is 10.2. The number of hydrogen-bond donors (Lipinski definition) is 1. The lowest BCUT2D eigenvalue weighted by molar-refractivity contribution is 0.0983. The molecule has 0 spiro atoms. The third kappa shape index (κ3) is 2.87. The quantitative estimate of drug-likeness (QED) is 0.816. The van der Waals surface area contributed by atoms with E-state index in [0.29, 0.717) is 18.1 Å². The van der Waals surface area contributed by atoms with Crippen LogP contribution in [-0.2, 0) is 0 Å². The molecule has 0 fully saturated rings. The second-order valence-corrected chi connectivity index (χ2v) is 3.53. The zero-order chi connectivity index (χ0) is 12.1. The number of aromatic nitrogens is 2. The number of benzene rings is 1. The fraction of sp³-hybridized carbons (Fsp3) is 0.154. The largest absolute Gasteiger partial charge is 0.324 e. The van der Waals surface area contributed by atoms with Crippen molar-refractivity contribution in [2.45, 2.75) is 13.3 Å². The third-order valence-electron chi connectivity index (χ3n) is 2.29. The number of Topliss-reactive ketones (excluding diaryl/α,β-unsaturated/α-hetero) is 1. The predicted molar refractivity (Wildman–Crippen MR) is 66.4 cm³/mol. The molecule has 2 aromatic rings. The summed E-state index contributed by atoms with van der Waals surface area (Å²) in [6.07, 6.45) is 2.03. The summed E-state index contributed by atoms with van der Waals surface area (Å²) in [5.74, 6) is 0.457. The zero-order valence-corrected chi connectivity index (χ0v) is 9.55. The van der Waals surface area contributed by atoms with Crippen molar-refractivity contribution >= 4 is 17.4 Å². The lowest BCUT2D eigenvalue weighted by Crippen LogP contribution is -2.04. The second-order valence-electron chi connectivity index (χ2n) is 3.53. The highest BCUT2D eigenvalue weighted by Crippen LogP contribution is 2.12. The molecule has 1 aromatic heterocycles. The van der Waals surface area contributed by atoms with Gasteiger partial charge in [-0.25, -0.2) is 9.97 Å². The standard InChI is InChI=1S/C13H13N3O/c1-2-12(17)11-8-9-14-13(16-11)15-10-6-4-3-5-7-10/h3-9H,2H2,1H3,(H,14,15,16). The van der Waals surface area contributed by atoms with Crippen molar-refractivity contribution < 1.29 is 4.79 Å². The molecule has 0 atom stereocenters. The number of para-hydroxylation sites is 1. The Kier molecular flexibility index (Phi) is 3.45. The van der Waals surface area contributed by atoms with Gasteiger partial charge in [0.2, 0.25) is 5.95 Å². The van der Waals surface area contributed by atoms with E-state index in [-0.39, 0.29) is 5.78 Å². The summed E-state index contributed by atoms with van der Waals surface area (Å²) in [7, 11) is 0. The molecule has 2 rings (SSSR count). The third-order valence-corrected chi connectivity index (χ3v) is 2.29. The van der Waals surface area contributed by atoms with Gasteiger partial charge in [-0.15, -0.1) is 0 Å². The van der Waals surface area contributed by atoms with E-state index >= 15 is 0 Å². The molecule has 0 unspecified atom stereocenters. The minimum atomic E-state index is 0.0171. The molecule has 0 bridgehead atoms. The Hall–Kier alpha value is -2.23. The number of nitrogens with one attached hydrogen (secondary N) is 1. The van der Waals surface area contributed by atoms with Gasteiger partial charge in [0.25, 0.3) is 0 Å². The number of ketones is 1. The van der Waals surface area contributed by atoms with Crippen molar-refractivity contribution in [2.24, 2.45) is 0 Å². The van der Waals surface area contributed by atoms with E-state index in [2.05, 4.69) is 15.3 Å². The van der Waals surface area contributed by atoms with Crippen molar-refractivity contribution in [3.05, 3.63) is 48.3 Å². The van der Waals surface area contributed by atoms with Gasteiger partial charge in [-0.2, -0.15) is 0 Å². The normalized spacial score (nSPS) is 9.94. The van der Waals surface area contributed by atoms with Crippen LogP contribution in [-0.4, -0.2) is 15.8 Å². The highest BCUT2D eigenvalue weighted by atomic mass is 16.1. The molecule has 1 aromatic carbocycles. The maximum Gasteiger partial charge on any atom is 0.227 e. The first-order chi connectivity index (χ1) is 8.29. The second kappa shape index (κ2) is 5.21. The maximum absolute atomic E-state index is 11.5. The number of carbonyl (C=O) groups excluding carboxylic acids is 1. The summed E-state index contributed by atoms with van der Waals surface area (Å²) in [6, 6.07) is 11.2. The molecule has 4 heteroatoms. The SMILES string of the molecule is CCC(=O)c1ccnc(Nc2ccccc2)n1. The summed E-state index contributed by atoms with van der Waals surface area (Å²) in [5, 5.41) is 3.05. The lowest BCUT2D eigenvalue weighted by Gasteiger charge is -2.05. The van der Waals surface area contributed by atoms with E-state index in [9.17, 15) is 4.79 Å². The van der Waals surface area contributed by atoms with Gasteiger partial charge < -0.3 is 5.32 Å². The molecule has 17 heavy (non-hydrogen) atoms. The first kappa shape index (κ1) is 11.3.